The van der Waals surface area contributed by atoms with E-state index in [-0.39, 0.29) is 0 Å². The quantitative estimate of drug-likeness (QED) is 0.870. The van der Waals surface area contributed by atoms with E-state index < -0.39 is 0 Å². The van der Waals surface area contributed by atoms with E-state index in [1.807, 2.05) is 30.0 Å². The van der Waals surface area contributed by atoms with Crippen molar-refractivity contribution in [1.29, 1.82) is 0 Å². The number of thioether (sulfide) groups is 1. The van der Waals surface area contributed by atoms with Crippen LogP contribution in [0.2, 0.25) is 5.02 Å². The number of hydrogen-bond donors (Lipinski definition) is 1. The summed E-state index contributed by atoms with van der Waals surface area (Å²) in [5.74, 6) is 2.53. The number of nitrogens with one attached hydrogen (secondary N) is 1. The minimum Gasteiger partial charge on any atom is -0.307 e. The number of rotatable bonds is 3. The Morgan fingerprint density at radius 3 is 3.07 bits per heavy atom. The zero-order valence-corrected chi connectivity index (χ0v) is 10.4. The Bertz CT molecular complexity index is 323. The van der Waals surface area contributed by atoms with E-state index in [4.69, 9.17) is 11.6 Å². The predicted octanol–water partition coefficient (Wildman–Crippen LogP) is 3.50. The molecule has 2 atom stereocenters. The summed E-state index contributed by atoms with van der Waals surface area (Å²) in [6, 6.07) is 9.17. The van der Waals surface area contributed by atoms with Crippen LogP contribution in [0.15, 0.2) is 24.3 Å². The Morgan fingerprint density at radius 2 is 2.40 bits per heavy atom. The SMILES string of the molecule is CC(NC1CCSC1)c1cccc(Cl)c1. The fourth-order valence-corrected chi connectivity index (χ4v) is 3.26. The van der Waals surface area contributed by atoms with Gasteiger partial charge in [-0.3, -0.25) is 0 Å². The van der Waals surface area contributed by atoms with E-state index in [0.717, 1.165) is 5.02 Å². The van der Waals surface area contributed by atoms with Gasteiger partial charge in [-0.2, -0.15) is 11.8 Å². The third-order valence-corrected chi connectivity index (χ3v) is 4.16. The average Bonchev–Trinajstić information content (AvgIpc) is 2.70. The molecule has 15 heavy (non-hydrogen) atoms. The van der Waals surface area contributed by atoms with E-state index in [9.17, 15) is 0 Å². The molecule has 1 heterocycles. The largest absolute Gasteiger partial charge is 0.307 e. The van der Waals surface area contributed by atoms with Crippen LogP contribution in [0, 0.1) is 0 Å². The van der Waals surface area contributed by atoms with E-state index in [0.29, 0.717) is 12.1 Å². The Hall–Kier alpha value is -0.180. The van der Waals surface area contributed by atoms with Crippen LogP contribution in [0.1, 0.15) is 24.9 Å². The van der Waals surface area contributed by atoms with Gasteiger partial charge >= 0.3 is 0 Å². The molecule has 1 aromatic rings. The summed E-state index contributed by atoms with van der Waals surface area (Å²) in [4.78, 5) is 0. The molecular formula is C12H16ClNS. The van der Waals surface area contributed by atoms with Gasteiger partial charge in [0.15, 0.2) is 0 Å². The molecule has 0 aliphatic carbocycles. The molecule has 2 unspecified atom stereocenters. The molecule has 0 amide bonds. The normalized spacial score (nSPS) is 22.9. The van der Waals surface area contributed by atoms with Crippen molar-refractivity contribution < 1.29 is 0 Å². The molecule has 1 fully saturated rings. The molecule has 0 saturated carbocycles. The highest BCUT2D eigenvalue weighted by atomic mass is 35.5. The molecule has 82 valence electrons. The van der Waals surface area contributed by atoms with Crippen molar-refractivity contribution in [3.63, 3.8) is 0 Å². The summed E-state index contributed by atoms with van der Waals surface area (Å²) >= 11 is 8.01. The topological polar surface area (TPSA) is 12.0 Å². The van der Waals surface area contributed by atoms with E-state index in [1.165, 1.54) is 23.5 Å². The maximum atomic E-state index is 5.97. The maximum absolute atomic E-state index is 5.97. The molecule has 1 N–H and O–H groups in total. The molecule has 0 spiro atoms. The number of benzene rings is 1. The zero-order chi connectivity index (χ0) is 10.7. The fourth-order valence-electron chi connectivity index (χ4n) is 1.89. The van der Waals surface area contributed by atoms with Crippen LogP contribution in [-0.2, 0) is 0 Å². The van der Waals surface area contributed by atoms with Crippen LogP contribution >= 0.6 is 23.4 Å². The van der Waals surface area contributed by atoms with Crippen LogP contribution in [0.4, 0.5) is 0 Å². The molecule has 2 rings (SSSR count). The van der Waals surface area contributed by atoms with Crippen molar-refractivity contribution in [2.24, 2.45) is 0 Å². The lowest BCUT2D eigenvalue weighted by atomic mass is 10.1. The Kier molecular flexibility index (Phi) is 3.95. The molecule has 0 bridgehead atoms. The Balaban J connectivity index is 1.97. The minimum absolute atomic E-state index is 0.396. The standard InChI is InChI=1S/C12H16ClNS/c1-9(14-12-5-6-15-8-12)10-3-2-4-11(13)7-10/h2-4,7,9,12,14H,5-6,8H2,1H3. The molecule has 0 radical (unpaired) electrons. The molecule has 1 aromatic carbocycles. The third-order valence-electron chi connectivity index (χ3n) is 2.76. The van der Waals surface area contributed by atoms with Gasteiger partial charge in [0.1, 0.15) is 0 Å². The van der Waals surface area contributed by atoms with E-state index in [2.05, 4.69) is 18.3 Å². The summed E-state index contributed by atoms with van der Waals surface area (Å²) in [7, 11) is 0. The lowest BCUT2D eigenvalue weighted by molar-refractivity contribution is 0.486. The second-order valence-electron chi connectivity index (χ2n) is 4.00. The summed E-state index contributed by atoms with van der Waals surface area (Å²) in [5.41, 5.74) is 1.28. The van der Waals surface area contributed by atoms with Crippen molar-refractivity contribution >= 4 is 23.4 Å². The molecule has 0 aromatic heterocycles. The first-order valence-corrected chi connectivity index (χ1v) is 6.88. The van der Waals surface area contributed by atoms with Crippen molar-refractivity contribution in [1.82, 2.24) is 5.32 Å². The smallest absolute Gasteiger partial charge is 0.0409 e. The highest BCUT2D eigenvalue weighted by molar-refractivity contribution is 7.99. The van der Waals surface area contributed by atoms with Gasteiger partial charge in [-0.25, -0.2) is 0 Å². The van der Waals surface area contributed by atoms with Crippen LogP contribution in [0.25, 0.3) is 0 Å². The van der Waals surface area contributed by atoms with Gasteiger partial charge in [0.2, 0.25) is 0 Å². The van der Waals surface area contributed by atoms with E-state index in [1.54, 1.807) is 0 Å². The monoisotopic (exact) mass is 241 g/mol. The second kappa shape index (κ2) is 5.24. The highest BCUT2D eigenvalue weighted by Gasteiger charge is 2.17. The van der Waals surface area contributed by atoms with Crippen LogP contribution < -0.4 is 5.32 Å². The van der Waals surface area contributed by atoms with Crippen molar-refractivity contribution in [3.8, 4) is 0 Å². The summed E-state index contributed by atoms with van der Waals surface area (Å²) in [6.45, 7) is 2.20. The van der Waals surface area contributed by atoms with E-state index >= 15 is 0 Å². The third kappa shape index (κ3) is 3.13. The highest BCUT2D eigenvalue weighted by Crippen LogP contribution is 2.22. The first-order valence-electron chi connectivity index (χ1n) is 5.35. The summed E-state index contributed by atoms with van der Waals surface area (Å²) in [5, 5.41) is 4.46. The van der Waals surface area contributed by atoms with Gasteiger partial charge in [-0.05, 0) is 36.8 Å². The van der Waals surface area contributed by atoms with Crippen LogP contribution in [0.5, 0.6) is 0 Å². The molecule has 1 aliphatic rings. The van der Waals surface area contributed by atoms with Crippen LogP contribution in [0.3, 0.4) is 0 Å². The average molecular weight is 242 g/mol. The number of hydrogen-bond acceptors (Lipinski definition) is 2. The lowest BCUT2D eigenvalue weighted by Crippen LogP contribution is -2.31. The Morgan fingerprint density at radius 1 is 1.53 bits per heavy atom. The van der Waals surface area contributed by atoms with Gasteiger partial charge in [0, 0.05) is 22.9 Å². The first kappa shape index (κ1) is 11.3. The molecule has 1 aliphatic heterocycles. The van der Waals surface area contributed by atoms with Gasteiger partial charge in [-0.1, -0.05) is 23.7 Å². The van der Waals surface area contributed by atoms with Crippen molar-refractivity contribution in [2.45, 2.75) is 25.4 Å². The van der Waals surface area contributed by atoms with Gasteiger partial charge in [0.05, 0.1) is 0 Å². The number of halogens is 1. The minimum atomic E-state index is 0.396. The van der Waals surface area contributed by atoms with Crippen molar-refractivity contribution in [2.75, 3.05) is 11.5 Å². The maximum Gasteiger partial charge on any atom is 0.0409 e. The molecule has 1 nitrogen and oxygen atoms in total. The van der Waals surface area contributed by atoms with Gasteiger partial charge in [-0.15, -0.1) is 0 Å². The predicted molar refractivity (Wildman–Crippen MR) is 68.7 cm³/mol. The molecular weight excluding hydrogens is 226 g/mol. The Labute approximate surface area is 101 Å². The zero-order valence-electron chi connectivity index (χ0n) is 8.87. The molecule has 1 saturated heterocycles. The van der Waals surface area contributed by atoms with Crippen molar-refractivity contribution in [3.05, 3.63) is 34.9 Å². The molecule has 3 heteroatoms. The van der Waals surface area contributed by atoms with Gasteiger partial charge in [0.25, 0.3) is 0 Å². The second-order valence-corrected chi connectivity index (χ2v) is 5.59. The van der Waals surface area contributed by atoms with Gasteiger partial charge < -0.3 is 5.32 Å². The lowest BCUT2D eigenvalue weighted by Gasteiger charge is -2.19. The van der Waals surface area contributed by atoms with Crippen LogP contribution in [-0.4, -0.2) is 17.5 Å². The first-order chi connectivity index (χ1) is 7.25. The summed E-state index contributed by atoms with van der Waals surface area (Å²) in [6.07, 6.45) is 1.29. The fraction of sp³-hybridized carbons (Fsp3) is 0.500. The summed E-state index contributed by atoms with van der Waals surface area (Å²) < 4.78 is 0.